The van der Waals surface area contributed by atoms with E-state index in [0.717, 1.165) is 57.7 Å². The summed E-state index contributed by atoms with van der Waals surface area (Å²) in [5.41, 5.74) is 6.27. The van der Waals surface area contributed by atoms with Crippen LogP contribution in [0.25, 0.3) is 11.1 Å². The molecule has 0 aliphatic carbocycles. The molecule has 0 amide bonds. The van der Waals surface area contributed by atoms with Crippen LogP contribution in [0.2, 0.25) is 0 Å². The SMILES string of the molecule is COc1ccc(CCc2cc(O)c3c(c2)OCO3)c(-c2cc(OC)ccc2CCc2cc(O)c3c(c2)OCO3)c1. The van der Waals surface area contributed by atoms with Gasteiger partial charge >= 0.3 is 0 Å². The zero-order valence-electron chi connectivity index (χ0n) is 22.4. The number of aryl methyl sites for hydroxylation is 4. The minimum atomic E-state index is 0.0876. The molecule has 0 saturated carbocycles. The molecule has 4 aromatic carbocycles. The van der Waals surface area contributed by atoms with Crippen molar-refractivity contribution in [1.82, 2.24) is 0 Å². The highest BCUT2D eigenvalue weighted by Gasteiger charge is 2.21. The number of hydrogen-bond donors (Lipinski definition) is 2. The van der Waals surface area contributed by atoms with E-state index in [4.69, 9.17) is 28.4 Å². The first-order chi connectivity index (χ1) is 19.5. The second kappa shape index (κ2) is 10.8. The number of phenolic OH excluding ortho intramolecular Hbond substituents is 2. The number of benzene rings is 4. The van der Waals surface area contributed by atoms with Gasteiger partial charge in [0.2, 0.25) is 25.1 Å². The Bertz CT molecular complexity index is 1440. The van der Waals surface area contributed by atoms with Crippen LogP contribution in [0.4, 0.5) is 0 Å². The minimum absolute atomic E-state index is 0.0876. The van der Waals surface area contributed by atoms with E-state index in [9.17, 15) is 10.2 Å². The molecule has 206 valence electrons. The van der Waals surface area contributed by atoms with Crippen LogP contribution in [0.5, 0.6) is 46.0 Å². The summed E-state index contributed by atoms with van der Waals surface area (Å²) in [4.78, 5) is 0. The van der Waals surface area contributed by atoms with Crippen molar-refractivity contribution in [3.05, 3.63) is 82.9 Å². The summed E-state index contributed by atoms with van der Waals surface area (Å²) < 4.78 is 32.8. The Morgan fingerprint density at radius 3 is 1.45 bits per heavy atom. The Hall–Kier alpha value is -4.72. The quantitative estimate of drug-likeness (QED) is 0.274. The van der Waals surface area contributed by atoms with Crippen LogP contribution in [0.15, 0.2) is 60.7 Å². The van der Waals surface area contributed by atoms with Gasteiger partial charge in [-0.3, -0.25) is 0 Å². The molecule has 0 atom stereocenters. The molecule has 0 radical (unpaired) electrons. The van der Waals surface area contributed by atoms with Crippen molar-refractivity contribution in [3.8, 4) is 57.1 Å². The van der Waals surface area contributed by atoms with Gasteiger partial charge in [0.05, 0.1) is 14.2 Å². The Kier molecular flexibility index (Phi) is 6.90. The Labute approximate surface area is 232 Å². The first-order valence-corrected chi connectivity index (χ1v) is 13.1. The molecule has 2 aliphatic rings. The predicted molar refractivity (Wildman–Crippen MR) is 148 cm³/mol. The lowest BCUT2D eigenvalue weighted by Crippen LogP contribution is -2.00. The van der Waals surface area contributed by atoms with E-state index in [1.807, 2.05) is 24.3 Å². The average molecular weight is 543 g/mol. The first kappa shape index (κ1) is 25.6. The Morgan fingerprint density at radius 1 is 0.575 bits per heavy atom. The van der Waals surface area contributed by atoms with Crippen LogP contribution in [-0.4, -0.2) is 38.0 Å². The smallest absolute Gasteiger partial charge is 0.231 e. The molecule has 0 unspecified atom stereocenters. The number of methoxy groups -OCH3 is 2. The third kappa shape index (κ3) is 5.00. The summed E-state index contributed by atoms with van der Waals surface area (Å²) in [7, 11) is 3.32. The maximum atomic E-state index is 10.4. The van der Waals surface area contributed by atoms with Crippen LogP contribution in [0.3, 0.4) is 0 Å². The summed E-state index contributed by atoms with van der Waals surface area (Å²) in [5, 5.41) is 20.7. The molecule has 0 spiro atoms. The van der Waals surface area contributed by atoms with Gasteiger partial charge in [-0.2, -0.15) is 0 Å². The van der Waals surface area contributed by atoms with Gasteiger partial charge in [-0.1, -0.05) is 12.1 Å². The fourth-order valence-corrected chi connectivity index (χ4v) is 5.24. The van der Waals surface area contributed by atoms with Crippen molar-refractivity contribution in [3.63, 3.8) is 0 Å². The van der Waals surface area contributed by atoms with E-state index in [0.29, 0.717) is 35.8 Å². The van der Waals surface area contributed by atoms with Gasteiger partial charge in [0.15, 0.2) is 23.0 Å². The predicted octanol–water partition coefficient (Wildman–Crippen LogP) is 5.81. The molecule has 8 heteroatoms. The van der Waals surface area contributed by atoms with Gasteiger partial charge in [0.25, 0.3) is 0 Å². The number of ether oxygens (including phenoxy) is 6. The second-order valence-electron chi connectivity index (χ2n) is 9.74. The fraction of sp³-hybridized carbons (Fsp3) is 0.250. The van der Waals surface area contributed by atoms with E-state index in [-0.39, 0.29) is 25.1 Å². The van der Waals surface area contributed by atoms with E-state index in [1.165, 1.54) is 0 Å². The minimum Gasteiger partial charge on any atom is -0.504 e. The number of hydrogen-bond acceptors (Lipinski definition) is 8. The van der Waals surface area contributed by atoms with Gasteiger partial charge in [-0.05, 0) is 108 Å². The molecule has 2 N–H and O–H groups in total. The molecule has 2 heterocycles. The van der Waals surface area contributed by atoms with Crippen LogP contribution < -0.4 is 28.4 Å². The van der Waals surface area contributed by atoms with E-state index < -0.39 is 0 Å². The highest BCUT2D eigenvalue weighted by molar-refractivity contribution is 5.74. The zero-order chi connectivity index (χ0) is 27.6. The summed E-state index contributed by atoms with van der Waals surface area (Å²) in [6, 6.07) is 19.5. The van der Waals surface area contributed by atoms with Gasteiger partial charge in [0.1, 0.15) is 11.5 Å². The van der Waals surface area contributed by atoms with Gasteiger partial charge < -0.3 is 38.6 Å². The maximum absolute atomic E-state index is 10.4. The van der Waals surface area contributed by atoms with Crippen LogP contribution in [0, 0.1) is 0 Å². The van der Waals surface area contributed by atoms with Crippen molar-refractivity contribution in [1.29, 1.82) is 0 Å². The number of phenols is 2. The standard InChI is InChI=1S/C32H30O8/c1-35-23-9-7-21(5-3-19-11-27(33)31-29(13-19)37-17-39-31)25(15-23)26-16-24(36-2)10-8-22(26)6-4-20-12-28(34)32-30(14-20)38-18-40-32/h7-16,33-34H,3-6,17-18H2,1-2H3. The summed E-state index contributed by atoms with van der Waals surface area (Å²) in [5.74, 6) is 3.61. The second-order valence-corrected chi connectivity index (χ2v) is 9.74. The molecule has 0 aromatic heterocycles. The average Bonchev–Trinajstić information content (AvgIpc) is 3.65. The van der Waals surface area contributed by atoms with E-state index >= 15 is 0 Å². The molecule has 0 bridgehead atoms. The lowest BCUT2D eigenvalue weighted by molar-refractivity contribution is 0.171. The first-order valence-electron chi connectivity index (χ1n) is 13.1. The highest BCUT2D eigenvalue weighted by atomic mass is 16.7. The Morgan fingerprint density at radius 2 is 1.02 bits per heavy atom. The summed E-state index contributed by atoms with van der Waals surface area (Å²) >= 11 is 0. The zero-order valence-corrected chi connectivity index (χ0v) is 22.4. The number of aromatic hydroxyl groups is 2. The lowest BCUT2D eigenvalue weighted by Gasteiger charge is -2.17. The molecule has 4 aromatic rings. The van der Waals surface area contributed by atoms with Crippen molar-refractivity contribution in [2.24, 2.45) is 0 Å². The summed E-state index contributed by atoms with van der Waals surface area (Å²) in [6.07, 6.45) is 2.84. The molecule has 0 saturated heterocycles. The van der Waals surface area contributed by atoms with Crippen LogP contribution >= 0.6 is 0 Å². The van der Waals surface area contributed by atoms with Crippen molar-refractivity contribution >= 4 is 0 Å². The maximum Gasteiger partial charge on any atom is 0.231 e. The highest BCUT2D eigenvalue weighted by Crippen LogP contribution is 2.43. The van der Waals surface area contributed by atoms with Crippen molar-refractivity contribution in [2.75, 3.05) is 27.8 Å². The monoisotopic (exact) mass is 542 g/mol. The molecule has 6 rings (SSSR count). The lowest BCUT2D eigenvalue weighted by atomic mass is 9.89. The molecule has 0 fully saturated rings. The summed E-state index contributed by atoms with van der Waals surface area (Å²) in [6.45, 7) is 0.221. The fourth-order valence-electron chi connectivity index (χ4n) is 5.24. The molecule has 40 heavy (non-hydrogen) atoms. The molecule has 2 aliphatic heterocycles. The van der Waals surface area contributed by atoms with Gasteiger partial charge in [-0.25, -0.2) is 0 Å². The third-order valence-electron chi connectivity index (χ3n) is 7.32. The van der Waals surface area contributed by atoms with Gasteiger partial charge in [-0.15, -0.1) is 0 Å². The molecule has 8 nitrogen and oxygen atoms in total. The van der Waals surface area contributed by atoms with E-state index in [2.05, 4.69) is 24.3 Å². The molecular weight excluding hydrogens is 512 g/mol. The Balaban J connectivity index is 1.31. The molecular formula is C32H30O8. The number of fused-ring (bicyclic) bond motifs is 2. The number of rotatable bonds is 9. The van der Waals surface area contributed by atoms with Crippen molar-refractivity contribution in [2.45, 2.75) is 25.7 Å². The third-order valence-corrected chi connectivity index (χ3v) is 7.32. The van der Waals surface area contributed by atoms with Gasteiger partial charge in [0, 0.05) is 0 Å². The topological polar surface area (TPSA) is 95.8 Å². The van der Waals surface area contributed by atoms with Crippen LogP contribution in [0.1, 0.15) is 22.3 Å². The van der Waals surface area contributed by atoms with E-state index in [1.54, 1.807) is 26.4 Å². The van der Waals surface area contributed by atoms with Crippen molar-refractivity contribution < 1.29 is 38.6 Å². The largest absolute Gasteiger partial charge is 0.504 e. The normalized spacial score (nSPS) is 12.9. The van der Waals surface area contributed by atoms with Crippen LogP contribution in [-0.2, 0) is 25.7 Å².